The lowest BCUT2D eigenvalue weighted by atomic mass is 10.0. The molecule has 0 amide bonds. The van der Waals surface area contributed by atoms with Crippen molar-refractivity contribution in [3.05, 3.63) is 93.8 Å². The number of carboxylic acid groups (broad SMARTS) is 1. The van der Waals surface area contributed by atoms with E-state index in [2.05, 4.69) is 10.1 Å². The average Bonchev–Trinajstić information content (AvgIpc) is 3.71. The summed E-state index contributed by atoms with van der Waals surface area (Å²) < 4.78 is 23.0. The van der Waals surface area contributed by atoms with Crippen molar-refractivity contribution >= 4 is 39.9 Å². The number of benzene rings is 3. The van der Waals surface area contributed by atoms with Crippen molar-refractivity contribution in [2.24, 2.45) is 0 Å². The molecule has 1 saturated carbocycles. The summed E-state index contributed by atoms with van der Waals surface area (Å²) >= 11 is 13.1. The number of aromatic carboxylic acids is 1. The van der Waals surface area contributed by atoms with Crippen LogP contribution in [-0.2, 0) is 6.61 Å². The van der Waals surface area contributed by atoms with Crippen LogP contribution in [0.3, 0.4) is 0 Å². The van der Waals surface area contributed by atoms with Crippen LogP contribution in [0.5, 0.6) is 23.1 Å². The zero-order valence-electron chi connectivity index (χ0n) is 21.2. The zero-order valence-corrected chi connectivity index (χ0v) is 22.7. The Kier molecular flexibility index (Phi) is 6.96. The van der Waals surface area contributed by atoms with E-state index in [1.54, 1.807) is 19.2 Å². The highest BCUT2D eigenvalue weighted by Gasteiger charge is 2.34. The van der Waals surface area contributed by atoms with E-state index in [4.69, 9.17) is 47.0 Å². The van der Waals surface area contributed by atoms with E-state index in [0.29, 0.717) is 50.3 Å². The molecule has 0 unspecified atom stereocenters. The molecule has 0 atom stereocenters. The van der Waals surface area contributed by atoms with Gasteiger partial charge in [0.1, 0.15) is 35.3 Å². The second-order valence-corrected chi connectivity index (χ2v) is 10.2. The molecule has 202 valence electrons. The molecule has 6 rings (SSSR count). The second-order valence-electron chi connectivity index (χ2n) is 9.37. The Hall–Kier alpha value is -4.27. The van der Waals surface area contributed by atoms with Gasteiger partial charge in [-0.1, -0.05) is 40.5 Å². The predicted molar refractivity (Wildman–Crippen MR) is 150 cm³/mol. The molecular weight excluding hydrogens is 555 g/mol. The van der Waals surface area contributed by atoms with E-state index in [1.807, 2.05) is 36.4 Å². The van der Waals surface area contributed by atoms with E-state index in [0.717, 1.165) is 34.9 Å². The van der Waals surface area contributed by atoms with Gasteiger partial charge in [0, 0.05) is 23.7 Å². The molecule has 40 heavy (non-hydrogen) atoms. The molecule has 3 aromatic carbocycles. The number of carboxylic acids is 1. The van der Waals surface area contributed by atoms with Crippen LogP contribution in [0.1, 0.15) is 40.4 Å². The number of pyridine rings is 1. The van der Waals surface area contributed by atoms with E-state index >= 15 is 0 Å². The number of halogens is 2. The number of ether oxygens (including phenoxy) is 3. The minimum atomic E-state index is -1.04. The standard InChI is InChI=1S/C30H22Cl2N2O6/c1-37-22-12-24(31)27(25(32)13-22)28-23(29(40-34-28)16-2-3-16)15-38-20-7-4-18-11-21(8-5-17(18)10-20)39-26-9-6-19(14-33-26)30(35)36/h4-14,16H,2-3,15H2,1H3,(H,35,36). The maximum absolute atomic E-state index is 11.0. The molecule has 1 aliphatic carbocycles. The summed E-state index contributed by atoms with van der Waals surface area (Å²) in [6.07, 6.45) is 3.32. The summed E-state index contributed by atoms with van der Waals surface area (Å²) in [6.45, 7) is 0.230. The third kappa shape index (κ3) is 5.28. The highest BCUT2D eigenvalue weighted by molar-refractivity contribution is 6.39. The largest absolute Gasteiger partial charge is 0.497 e. The molecule has 1 aliphatic rings. The van der Waals surface area contributed by atoms with Crippen molar-refractivity contribution in [2.75, 3.05) is 7.11 Å². The van der Waals surface area contributed by atoms with Crippen LogP contribution in [-0.4, -0.2) is 28.3 Å². The van der Waals surface area contributed by atoms with Crippen molar-refractivity contribution < 1.29 is 28.6 Å². The highest BCUT2D eigenvalue weighted by atomic mass is 35.5. The SMILES string of the molecule is COc1cc(Cl)c(-c2noc(C3CC3)c2COc2ccc3cc(Oc4ccc(C(=O)O)cn4)ccc3c2)c(Cl)c1. The first-order valence-electron chi connectivity index (χ1n) is 12.5. The monoisotopic (exact) mass is 576 g/mol. The molecule has 8 nitrogen and oxygen atoms in total. The summed E-state index contributed by atoms with van der Waals surface area (Å²) in [5.41, 5.74) is 2.06. The maximum Gasteiger partial charge on any atom is 0.337 e. The molecule has 0 saturated heterocycles. The highest BCUT2D eigenvalue weighted by Crippen LogP contribution is 2.47. The van der Waals surface area contributed by atoms with Gasteiger partial charge in [-0.3, -0.25) is 0 Å². The van der Waals surface area contributed by atoms with Crippen molar-refractivity contribution in [3.63, 3.8) is 0 Å². The fourth-order valence-electron chi connectivity index (χ4n) is 4.42. The number of carbonyl (C=O) groups is 1. The van der Waals surface area contributed by atoms with Crippen LogP contribution in [0.4, 0.5) is 0 Å². The van der Waals surface area contributed by atoms with Crippen molar-refractivity contribution in [1.82, 2.24) is 10.1 Å². The Morgan fingerprint density at radius 3 is 2.30 bits per heavy atom. The molecule has 0 radical (unpaired) electrons. The van der Waals surface area contributed by atoms with Gasteiger partial charge in [-0.2, -0.15) is 0 Å². The summed E-state index contributed by atoms with van der Waals surface area (Å²) in [7, 11) is 1.55. The summed E-state index contributed by atoms with van der Waals surface area (Å²) in [4.78, 5) is 15.1. The maximum atomic E-state index is 11.0. The number of methoxy groups -OCH3 is 1. The molecule has 1 N–H and O–H groups in total. The number of hydrogen-bond donors (Lipinski definition) is 1. The first-order valence-corrected chi connectivity index (χ1v) is 13.2. The molecule has 10 heteroatoms. The van der Waals surface area contributed by atoms with Crippen LogP contribution in [0, 0.1) is 0 Å². The average molecular weight is 577 g/mol. The van der Waals surface area contributed by atoms with Gasteiger partial charge in [0.2, 0.25) is 5.88 Å². The first kappa shape index (κ1) is 26.0. The molecule has 2 aromatic heterocycles. The van der Waals surface area contributed by atoms with E-state index < -0.39 is 5.97 Å². The van der Waals surface area contributed by atoms with Crippen LogP contribution in [0.2, 0.25) is 10.0 Å². The van der Waals surface area contributed by atoms with Crippen LogP contribution >= 0.6 is 23.2 Å². The molecule has 0 aliphatic heterocycles. The van der Waals surface area contributed by atoms with Crippen LogP contribution in [0.25, 0.3) is 22.0 Å². The van der Waals surface area contributed by atoms with Gasteiger partial charge < -0.3 is 23.8 Å². The lowest BCUT2D eigenvalue weighted by Gasteiger charge is -2.12. The van der Waals surface area contributed by atoms with E-state index in [-0.39, 0.29) is 12.2 Å². The number of hydrogen-bond acceptors (Lipinski definition) is 7. The Labute approximate surface area is 239 Å². The topological polar surface area (TPSA) is 104 Å². The van der Waals surface area contributed by atoms with Gasteiger partial charge in [0.15, 0.2) is 0 Å². The van der Waals surface area contributed by atoms with E-state index in [9.17, 15) is 4.79 Å². The zero-order chi connectivity index (χ0) is 27.8. The second kappa shape index (κ2) is 10.7. The molecular formula is C30H22Cl2N2O6. The van der Waals surface area contributed by atoms with Gasteiger partial charge >= 0.3 is 5.97 Å². The number of aromatic nitrogens is 2. The lowest BCUT2D eigenvalue weighted by Crippen LogP contribution is -2.00. The Morgan fingerprint density at radius 2 is 1.68 bits per heavy atom. The predicted octanol–water partition coefficient (Wildman–Crippen LogP) is 8.15. The van der Waals surface area contributed by atoms with Crippen LogP contribution < -0.4 is 14.2 Å². The molecule has 2 heterocycles. The fraction of sp³-hybridized carbons (Fsp3) is 0.167. The lowest BCUT2D eigenvalue weighted by molar-refractivity contribution is 0.0696. The van der Waals surface area contributed by atoms with Crippen molar-refractivity contribution in [2.45, 2.75) is 25.4 Å². The Balaban J connectivity index is 1.22. The summed E-state index contributed by atoms with van der Waals surface area (Å²) in [6, 6.07) is 17.7. The minimum absolute atomic E-state index is 0.0937. The number of nitrogens with zero attached hydrogens (tertiary/aromatic N) is 2. The number of rotatable bonds is 9. The minimum Gasteiger partial charge on any atom is -0.497 e. The van der Waals surface area contributed by atoms with Crippen molar-refractivity contribution in [1.29, 1.82) is 0 Å². The third-order valence-electron chi connectivity index (χ3n) is 6.63. The van der Waals surface area contributed by atoms with E-state index in [1.165, 1.54) is 18.3 Å². The normalized spacial score (nSPS) is 12.9. The van der Waals surface area contributed by atoms with Gasteiger partial charge in [-0.05, 0) is 66.1 Å². The quantitative estimate of drug-likeness (QED) is 0.187. The molecule has 0 spiro atoms. The smallest absolute Gasteiger partial charge is 0.337 e. The summed E-state index contributed by atoms with van der Waals surface area (Å²) in [5, 5.41) is 16.1. The summed E-state index contributed by atoms with van der Waals surface area (Å²) in [5.74, 6) is 2.17. The van der Waals surface area contributed by atoms with Crippen LogP contribution in [0.15, 0.2) is 71.4 Å². The van der Waals surface area contributed by atoms with Gasteiger partial charge in [-0.15, -0.1) is 0 Å². The molecule has 1 fully saturated rings. The first-order chi connectivity index (χ1) is 19.4. The fourth-order valence-corrected chi connectivity index (χ4v) is 5.06. The molecule has 0 bridgehead atoms. The van der Waals surface area contributed by atoms with Gasteiger partial charge in [0.05, 0.1) is 28.3 Å². The van der Waals surface area contributed by atoms with Crippen molar-refractivity contribution in [3.8, 4) is 34.4 Å². The molecule has 5 aromatic rings. The van der Waals surface area contributed by atoms with Gasteiger partial charge in [0.25, 0.3) is 0 Å². The van der Waals surface area contributed by atoms with Gasteiger partial charge in [-0.25, -0.2) is 9.78 Å². The number of fused-ring (bicyclic) bond motifs is 1. The third-order valence-corrected chi connectivity index (χ3v) is 7.22. The Morgan fingerprint density at radius 1 is 0.975 bits per heavy atom. The Bertz CT molecular complexity index is 1710.